The van der Waals surface area contributed by atoms with Crippen LogP contribution in [0.2, 0.25) is 0 Å². The van der Waals surface area contributed by atoms with Gasteiger partial charge < -0.3 is 19.5 Å². The number of carbonyl (C=O) groups is 2. The molecule has 2 aliphatic rings. The molecule has 21 heavy (non-hydrogen) atoms. The Labute approximate surface area is 122 Å². The number of hydrogen-bond donors (Lipinski definition) is 1. The van der Waals surface area contributed by atoms with Crippen LogP contribution in [0.15, 0.2) is 18.2 Å². The molecule has 2 heterocycles. The lowest BCUT2D eigenvalue weighted by molar-refractivity contribution is -0.143. The molecule has 6 nitrogen and oxygen atoms in total. The number of aliphatic carboxylic acids is 1. The fourth-order valence-electron chi connectivity index (χ4n) is 2.65. The number of rotatable bonds is 2. The predicted molar refractivity (Wildman–Crippen MR) is 73.5 cm³/mol. The smallest absolute Gasteiger partial charge is 0.310 e. The summed E-state index contributed by atoms with van der Waals surface area (Å²) < 4.78 is 10.7. The second kappa shape index (κ2) is 5.73. The van der Waals surface area contributed by atoms with E-state index >= 15 is 0 Å². The monoisotopic (exact) mass is 291 g/mol. The first-order chi connectivity index (χ1) is 10.1. The standard InChI is InChI=1S/C15H17NO5/c17-14(11-1-2-13-10(7-11)3-5-21-13)16-4-6-20-9-12(8-16)15(18)19/h1-2,7,12H,3-6,8-9H2,(H,18,19). The SMILES string of the molecule is O=C(O)C1COCCN(C(=O)c2ccc3c(c2)CCO3)C1. The molecule has 1 aromatic rings. The Hall–Kier alpha value is -2.08. The second-order valence-corrected chi connectivity index (χ2v) is 5.28. The van der Waals surface area contributed by atoms with E-state index < -0.39 is 11.9 Å². The summed E-state index contributed by atoms with van der Waals surface area (Å²) >= 11 is 0. The zero-order valence-corrected chi connectivity index (χ0v) is 11.6. The normalized spacial score (nSPS) is 21.3. The Kier molecular flexibility index (Phi) is 3.79. The van der Waals surface area contributed by atoms with Crippen LogP contribution in [0.1, 0.15) is 15.9 Å². The largest absolute Gasteiger partial charge is 0.493 e. The van der Waals surface area contributed by atoms with E-state index in [0.717, 1.165) is 17.7 Å². The summed E-state index contributed by atoms with van der Waals surface area (Å²) in [6.45, 7) is 1.75. The van der Waals surface area contributed by atoms with Crippen molar-refractivity contribution < 1.29 is 24.2 Å². The minimum atomic E-state index is -0.933. The fourth-order valence-corrected chi connectivity index (χ4v) is 2.65. The molecule has 1 saturated heterocycles. The lowest BCUT2D eigenvalue weighted by Crippen LogP contribution is -2.38. The van der Waals surface area contributed by atoms with Gasteiger partial charge in [0.2, 0.25) is 0 Å². The van der Waals surface area contributed by atoms with Crippen LogP contribution in [0.4, 0.5) is 0 Å². The van der Waals surface area contributed by atoms with Gasteiger partial charge in [0.15, 0.2) is 0 Å². The van der Waals surface area contributed by atoms with Crippen LogP contribution >= 0.6 is 0 Å². The fraction of sp³-hybridized carbons (Fsp3) is 0.467. The molecule has 1 N–H and O–H groups in total. The van der Waals surface area contributed by atoms with Crippen molar-refractivity contribution >= 4 is 11.9 Å². The third-order valence-electron chi connectivity index (χ3n) is 3.84. The zero-order valence-electron chi connectivity index (χ0n) is 11.6. The van der Waals surface area contributed by atoms with E-state index in [2.05, 4.69) is 0 Å². The van der Waals surface area contributed by atoms with Gasteiger partial charge in [0.25, 0.3) is 5.91 Å². The van der Waals surface area contributed by atoms with Gasteiger partial charge in [-0.05, 0) is 23.8 Å². The summed E-state index contributed by atoms with van der Waals surface area (Å²) in [5, 5.41) is 9.13. The first kappa shape index (κ1) is 13.9. The maximum Gasteiger partial charge on any atom is 0.310 e. The molecule has 1 atom stereocenters. The highest BCUT2D eigenvalue weighted by Gasteiger charge is 2.28. The number of benzene rings is 1. The Morgan fingerprint density at radius 1 is 1.29 bits per heavy atom. The molecule has 112 valence electrons. The van der Waals surface area contributed by atoms with Gasteiger partial charge in [0.05, 0.1) is 25.7 Å². The number of nitrogens with zero attached hydrogens (tertiary/aromatic N) is 1. The van der Waals surface area contributed by atoms with Crippen molar-refractivity contribution in [3.63, 3.8) is 0 Å². The lowest BCUT2D eigenvalue weighted by Gasteiger charge is -2.22. The summed E-state index contributed by atoms with van der Waals surface area (Å²) in [5.74, 6) is -0.929. The van der Waals surface area contributed by atoms with Crippen LogP contribution in [0.25, 0.3) is 0 Å². The van der Waals surface area contributed by atoms with Crippen molar-refractivity contribution in [3.05, 3.63) is 29.3 Å². The predicted octanol–water partition coefficient (Wildman–Crippen LogP) is 0.795. The first-order valence-corrected chi connectivity index (χ1v) is 7.00. The van der Waals surface area contributed by atoms with E-state index in [1.165, 1.54) is 0 Å². The topological polar surface area (TPSA) is 76.1 Å². The molecule has 0 spiro atoms. The van der Waals surface area contributed by atoms with Gasteiger partial charge in [-0.1, -0.05) is 0 Å². The highest BCUT2D eigenvalue weighted by Crippen LogP contribution is 2.26. The molecule has 0 aliphatic carbocycles. The van der Waals surface area contributed by atoms with E-state index in [1.54, 1.807) is 17.0 Å². The summed E-state index contributed by atoms with van der Waals surface area (Å²) in [5.41, 5.74) is 1.60. The maximum absolute atomic E-state index is 12.6. The number of fused-ring (bicyclic) bond motifs is 1. The number of carbonyl (C=O) groups excluding carboxylic acids is 1. The summed E-state index contributed by atoms with van der Waals surface area (Å²) in [6.07, 6.45) is 0.803. The lowest BCUT2D eigenvalue weighted by atomic mass is 10.1. The minimum absolute atomic E-state index is 0.150. The average Bonchev–Trinajstić information content (AvgIpc) is 2.80. The molecule has 3 rings (SSSR count). The Morgan fingerprint density at radius 2 is 2.14 bits per heavy atom. The van der Waals surface area contributed by atoms with Crippen molar-refractivity contribution in [2.45, 2.75) is 6.42 Å². The van der Waals surface area contributed by atoms with Gasteiger partial charge in [0.1, 0.15) is 5.75 Å². The number of hydrogen-bond acceptors (Lipinski definition) is 4. The van der Waals surface area contributed by atoms with E-state index in [1.807, 2.05) is 6.07 Å². The molecule has 6 heteroatoms. The summed E-state index contributed by atoms with van der Waals surface area (Å²) in [6, 6.07) is 5.37. The second-order valence-electron chi connectivity index (χ2n) is 5.28. The Bertz CT molecular complexity index is 571. The van der Waals surface area contributed by atoms with Crippen molar-refractivity contribution in [1.29, 1.82) is 0 Å². The van der Waals surface area contributed by atoms with Gasteiger partial charge in [0, 0.05) is 25.1 Å². The molecule has 1 fully saturated rings. The third kappa shape index (κ3) is 2.85. The Balaban J connectivity index is 1.78. The van der Waals surface area contributed by atoms with E-state index in [0.29, 0.717) is 25.3 Å². The number of carboxylic acid groups (broad SMARTS) is 1. The summed E-state index contributed by atoms with van der Waals surface area (Å²) in [4.78, 5) is 25.2. The van der Waals surface area contributed by atoms with Gasteiger partial charge >= 0.3 is 5.97 Å². The Morgan fingerprint density at radius 3 is 2.95 bits per heavy atom. The van der Waals surface area contributed by atoms with Crippen LogP contribution in [-0.4, -0.2) is 54.8 Å². The molecule has 1 amide bonds. The van der Waals surface area contributed by atoms with E-state index in [-0.39, 0.29) is 19.1 Å². The molecule has 0 saturated carbocycles. The molecule has 1 unspecified atom stereocenters. The molecule has 0 radical (unpaired) electrons. The first-order valence-electron chi connectivity index (χ1n) is 7.00. The number of ether oxygens (including phenoxy) is 2. The third-order valence-corrected chi connectivity index (χ3v) is 3.84. The molecule has 2 aliphatic heterocycles. The van der Waals surface area contributed by atoms with Crippen LogP contribution in [0.3, 0.4) is 0 Å². The minimum Gasteiger partial charge on any atom is -0.493 e. The van der Waals surface area contributed by atoms with Gasteiger partial charge in [-0.2, -0.15) is 0 Å². The van der Waals surface area contributed by atoms with Gasteiger partial charge in [-0.3, -0.25) is 9.59 Å². The summed E-state index contributed by atoms with van der Waals surface area (Å²) in [7, 11) is 0. The van der Waals surface area contributed by atoms with E-state index in [4.69, 9.17) is 14.6 Å². The van der Waals surface area contributed by atoms with Crippen molar-refractivity contribution in [3.8, 4) is 5.75 Å². The quantitative estimate of drug-likeness (QED) is 0.872. The van der Waals surface area contributed by atoms with Crippen LogP contribution in [0.5, 0.6) is 5.75 Å². The number of carboxylic acids is 1. The maximum atomic E-state index is 12.6. The van der Waals surface area contributed by atoms with Crippen LogP contribution < -0.4 is 4.74 Å². The zero-order chi connectivity index (χ0) is 14.8. The van der Waals surface area contributed by atoms with Crippen molar-refractivity contribution in [1.82, 2.24) is 4.90 Å². The van der Waals surface area contributed by atoms with Crippen LogP contribution in [-0.2, 0) is 16.0 Å². The van der Waals surface area contributed by atoms with E-state index in [9.17, 15) is 9.59 Å². The molecule has 0 bridgehead atoms. The highest BCUT2D eigenvalue weighted by atomic mass is 16.5. The highest BCUT2D eigenvalue weighted by molar-refractivity contribution is 5.95. The van der Waals surface area contributed by atoms with Crippen LogP contribution in [0, 0.1) is 5.92 Å². The average molecular weight is 291 g/mol. The van der Waals surface area contributed by atoms with Gasteiger partial charge in [-0.15, -0.1) is 0 Å². The number of amides is 1. The molecular weight excluding hydrogens is 274 g/mol. The van der Waals surface area contributed by atoms with Gasteiger partial charge in [-0.25, -0.2) is 0 Å². The van der Waals surface area contributed by atoms with Crippen molar-refractivity contribution in [2.24, 2.45) is 5.92 Å². The molecule has 1 aromatic carbocycles. The van der Waals surface area contributed by atoms with Crippen molar-refractivity contribution in [2.75, 3.05) is 32.9 Å². The molecule has 0 aromatic heterocycles. The molecular formula is C15H17NO5.